The average Bonchev–Trinajstić information content (AvgIpc) is 2.82. The van der Waals surface area contributed by atoms with Crippen molar-refractivity contribution in [1.29, 1.82) is 0 Å². The highest BCUT2D eigenvalue weighted by molar-refractivity contribution is 7.99. The van der Waals surface area contributed by atoms with E-state index < -0.39 is 5.60 Å². The first-order valence-corrected chi connectivity index (χ1v) is 7.81. The van der Waals surface area contributed by atoms with Crippen LogP contribution in [0.1, 0.15) is 19.5 Å². The molecule has 1 N–H and O–H groups in total. The maximum atomic E-state index is 9.82. The summed E-state index contributed by atoms with van der Waals surface area (Å²) in [6, 6.07) is 5.40. The van der Waals surface area contributed by atoms with Gasteiger partial charge in [-0.1, -0.05) is 28.4 Å². The molecule has 0 aliphatic rings. The molecule has 0 unspecified atom stereocenters. The average molecular weight is 332 g/mol. The molecular weight excluding hydrogens is 317 g/mol. The summed E-state index contributed by atoms with van der Waals surface area (Å²) in [5, 5.41) is 19.1. The fraction of sp³-hybridized carbons (Fsp3) is 0.385. The first-order valence-electron chi connectivity index (χ1n) is 6.07. The summed E-state index contributed by atoms with van der Waals surface area (Å²) >= 11 is 13.6. The third kappa shape index (κ3) is 4.12. The Morgan fingerprint density at radius 1 is 1.35 bits per heavy atom. The van der Waals surface area contributed by atoms with Crippen LogP contribution in [0.2, 0.25) is 10.0 Å². The number of aliphatic hydroxyl groups is 1. The lowest BCUT2D eigenvalue weighted by Crippen LogP contribution is -2.15. The van der Waals surface area contributed by atoms with E-state index in [2.05, 4.69) is 10.3 Å². The van der Waals surface area contributed by atoms with Gasteiger partial charge in [0, 0.05) is 15.7 Å². The first kappa shape index (κ1) is 15.6. The second-order valence-electron chi connectivity index (χ2n) is 4.85. The van der Waals surface area contributed by atoms with Crippen LogP contribution < -0.4 is 0 Å². The Morgan fingerprint density at radius 3 is 2.75 bits per heavy atom. The maximum Gasteiger partial charge on any atom is 0.114 e. The summed E-state index contributed by atoms with van der Waals surface area (Å²) in [5.74, 6) is 0.786. The van der Waals surface area contributed by atoms with Crippen molar-refractivity contribution in [3.05, 3.63) is 40.1 Å². The van der Waals surface area contributed by atoms with Gasteiger partial charge >= 0.3 is 0 Å². The number of hydrogen-bond acceptors (Lipinski definition) is 4. The number of hydrogen-bond donors (Lipinski definition) is 1. The monoisotopic (exact) mass is 331 g/mol. The van der Waals surface area contributed by atoms with Crippen molar-refractivity contribution < 1.29 is 5.11 Å². The van der Waals surface area contributed by atoms with Gasteiger partial charge in [0.1, 0.15) is 11.3 Å². The molecule has 0 aliphatic carbocycles. The highest BCUT2D eigenvalue weighted by atomic mass is 35.5. The molecule has 0 fully saturated rings. The maximum absolute atomic E-state index is 9.82. The number of nitrogens with zero attached hydrogens (tertiary/aromatic N) is 3. The van der Waals surface area contributed by atoms with Gasteiger partial charge in [-0.25, -0.2) is 0 Å². The summed E-state index contributed by atoms with van der Waals surface area (Å²) in [5.41, 5.74) is -0.412. The van der Waals surface area contributed by atoms with Crippen LogP contribution >= 0.6 is 35.0 Å². The summed E-state index contributed by atoms with van der Waals surface area (Å²) in [6.45, 7) is 4.04. The largest absolute Gasteiger partial charge is 0.384 e. The molecule has 20 heavy (non-hydrogen) atoms. The topological polar surface area (TPSA) is 50.9 Å². The molecule has 2 rings (SSSR count). The second kappa shape index (κ2) is 6.35. The number of rotatable bonds is 5. The van der Waals surface area contributed by atoms with Crippen molar-refractivity contribution >= 4 is 35.0 Å². The zero-order valence-electron chi connectivity index (χ0n) is 11.2. The van der Waals surface area contributed by atoms with Crippen molar-refractivity contribution in [1.82, 2.24) is 15.0 Å². The number of benzene rings is 1. The summed E-state index contributed by atoms with van der Waals surface area (Å²) in [6.07, 6.45) is 1.75. The molecule has 0 amide bonds. The normalized spacial score (nSPS) is 11.8. The lowest BCUT2D eigenvalue weighted by Gasteiger charge is -2.11. The zero-order chi connectivity index (χ0) is 14.8. The SMILES string of the molecule is CC(C)(O)c1cn(CCSc2cc(Cl)ccc2Cl)nn1. The van der Waals surface area contributed by atoms with Crippen LogP contribution in [-0.4, -0.2) is 25.9 Å². The molecule has 7 heteroatoms. The van der Waals surface area contributed by atoms with Crippen molar-refractivity contribution in [2.24, 2.45) is 0 Å². The highest BCUT2D eigenvalue weighted by Gasteiger charge is 2.19. The van der Waals surface area contributed by atoms with E-state index in [0.29, 0.717) is 22.3 Å². The zero-order valence-corrected chi connectivity index (χ0v) is 13.5. The minimum Gasteiger partial charge on any atom is -0.384 e. The Kier molecular flexibility index (Phi) is 4.96. The van der Waals surface area contributed by atoms with E-state index in [1.807, 2.05) is 6.07 Å². The van der Waals surface area contributed by atoms with E-state index in [1.165, 1.54) is 0 Å². The molecule has 1 heterocycles. The number of aromatic nitrogens is 3. The Morgan fingerprint density at radius 2 is 2.10 bits per heavy atom. The molecule has 0 aliphatic heterocycles. The minimum absolute atomic E-state index is 0.559. The van der Waals surface area contributed by atoms with Crippen molar-refractivity contribution in [3.63, 3.8) is 0 Å². The van der Waals surface area contributed by atoms with E-state index in [-0.39, 0.29) is 0 Å². The quantitative estimate of drug-likeness (QED) is 0.850. The smallest absolute Gasteiger partial charge is 0.114 e. The molecule has 1 aromatic carbocycles. The van der Waals surface area contributed by atoms with Gasteiger partial charge in [-0.05, 0) is 32.0 Å². The predicted octanol–water partition coefficient (Wildman–Crippen LogP) is 3.60. The Bertz CT molecular complexity index is 596. The fourth-order valence-corrected chi connectivity index (χ4v) is 2.96. The van der Waals surface area contributed by atoms with Gasteiger partial charge in [0.25, 0.3) is 0 Å². The van der Waals surface area contributed by atoms with Crippen LogP contribution in [0.4, 0.5) is 0 Å². The van der Waals surface area contributed by atoms with E-state index in [9.17, 15) is 5.11 Å². The van der Waals surface area contributed by atoms with Gasteiger partial charge < -0.3 is 5.11 Å². The molecular formula is C13H15Cl2N3OS. The van der Waals surface area contributed by atoms with Crippen LogP contribution in [-0.2, 0) is 12.1 Å². The van der Waals surface area contributed by atoms with Crippen LogP contribution in [0.25, 0.3) is 0 Å². The van der Waals surface area contributed by atoms with E-state index in [4.69, 9.17) is 23.2 Å². The summed E-state index contributed by atoms with van der Waals surface area (Å²) in [7, 11) is 0. The second-order valence-corrected chi connectivity index (χ2v) is 6.83. The molecule has 4 nitrogen and oxygen atoms in total. The minimum atomic E-state index is -0.971. The lowest BCUT2D eigenvalue weighted by molar-refractivity contribution is 0.0737. The molecule has 0 saturated carbocycles. The molecule has 1 aromatic heterocycles. The molecule has 0 atom stereocenters. The predicted molar refractivity (Wildman–Crippen MR) is 82.5 cm³/mol. The molecule has 0 bridgehead atoms. The number of thioether (sulfide) groups is 1. The van der Waals surface area contributed by atoms with E-state index >= 15 is 0 Å². The van der Waals surface area contributed by atoms with Gasteiger partial charge in [0.2, 0.25) is 0 Å². The standard InChI is InChI=1S/C13H15Cl2N3OS/c1-13(2,19)12-8-18(17-16-12)5-6-20-11-7-9(14)3-4-10(11)15/h3-4,7-8,19H,5-6H2,1-2H3. The molecule has 2 aromatic rings. The van der Waals surface area contributed by atoms with Crippen LogP contribution in [0, 0.1) is 0 Å². The van der Waals surface area contributed by atoms with Gasteiger partial charge in [0.05, 0.1) is 17.8 Å². The van der Waals surface area contributed by atoms with Gasteiger partial charge in [-0.2, -0.15) is 0 Å². The summed E-state index contributed by atoms with van der Waals surface area (Å²) in [4.78, 5) is 0.946. The molecule has 108 valence electrons. The third-order valence-electron chi connectivity index (χ3n) is 2.64. The van der Waals surface area contributed by atoms with Crippen LogP contribution in [0.3, 0.4) is 0 Å². The van der Waals surface area contributed by atoms with Crippen molar-refractivity contribution in [2.45, 2.75) is 30.9 Å². The molecule has 0 spiro atoms. The summed E-state index contributed by atoms with van der Waals surface area (Å²) < 4.78 is 1.71. The van der Waals surface area contributed by atoms with E-state index in [0.717, 1.165) is 10.6 Å². The molecule has 0 radical (unpaired) electrons. The Labute approximate surface area is 132 Å². The fourth-order valence-electron chi connectivity index (χ4n) is 1.52. The lowest BCUT2D eigenvalue weighted by atomic mass is 10.1. The van der Waals surface area contributed by atoms with Gasteiger partial charge in [-0.3, -0.25) is 4.68 Å². The van der Waals surface area contributed by atoms with Crippen LogP contribution in [0.15, 0.2) is 29.3 Å². The molecule has 0 saturated heterocycles. The first-order chi connectivity index (χ1) is 9.36. The van der Waals surface area contributed by atoms with Crippen molar-refractivity contribution in [3.8, 4) is 0 Å². The van der Waals surface area contributed by atoms with Crippen LogP contribution in [0.5, 0.6) is 0 Å². The Balaban J connectivity index is 1.93. The van der Waals surface area contributed by atoms with Gasteiger partial charge in [-0.15, -0.1) is 16.9 Å². The highest BCUT2D eigenvalue weighted by Crippen LogP contribution is 2.29. The van der Waals surface area contributed by atoms with Crippen molar-refractivity contribution in [2.75, 3.05) is 5.75 Å². The van der Waals surface area contributed by atoms with E-state index in [1.54, 1.807) is 48.6 Å². The Hall–Kier alpha value is -0.750. The number of aryl methyl sites for hydroxylation is 1. The third-order valence-corrected chi connectivity index (χ3v) is 4.35. The number of halogens is 2. The van der Waals surface area contributed by atoms with Gasteiger partial charge in [0.15, 0.2) is 0 Å².